The Morgan fingerprint density at radius 1 is 1.29 bits per heavy atom. The van der Waals surface area contributed by atoms with E-state index in [-0.39, 0.29) is 0 Å². The summed E-state index contributed by atoms with van der Waals surface area (Å²) in [7, 11) is 0. The molecule has 0 aliphatic heterocycles. The van der Waals surface area contributed by atoms with Crippen molar-refractivity contribution in [3.05, 3.63) is 52.9 Å². The monoisotopic (exact) mass is 327 g/mol. The van der Waals surface area contributed by atoms with E-state index in [1.165, 1.54) is 0 Å². The van der Waals surface area contributed by atoms with Crippen molar-refractivity contribution in [2.75, 3.05) is 5.32 Å². The van der Waals surface area contributed by atoms with Gasteiger partial charge in [0.05, 0.1) is 12.0 Å². The molecule has 1 heterocycles. The molecule has 88 valence electrons. The number of nitrogens with one attached hydrogen (secondary N) is 1. The Balaban J connectivity index is 1.83. The Morgan fingerprint density at radius 2 is 2.06 bits per heavy atom. The van der Waals surface area contributed by atoms with E-state index in [9.17, 15) is 0 Å². The molecule has 0 aliphatic rings. The van der Waals surface area contributed by atoms with Crippen LogP contribution in [0.2, 0.25) is 0 Å². The molecule has 0 spiro atoms. The van der Waals surface area contributed by atoms with Gasteiger partial charge in [0.25, 0.3) is 0 Å². The second kappa shape index (κ2) is 6.23. The molecule has 0 radical (unpaired) electrons. The van der Waals surface area contributed by atoms with E-state index in [0.29, 0.717) is 0 Å². The van der Waals surface area contributed by atoms with E-state index >= 15 is 0 Å². The van der Waals surface area contributed by atoms with E-state index in [0.717, 1.165) is 26.0 Å². The van der Waals surface area contributed by atoms with Crippen LogP contribution >= 0.6 is 39.9 Å². The zero-order valence-electron chi connectivity index (χ0n) is 8.85. The summed E-state index contributed by atoms with van der Waals surface area (Å²) < 4.78 is 7.03. The van der Waals surface area contributed by atoms with E-state index in [2.05, 4.69) is 21.2 Å². The van der Waals surface area contributed by atoms with Gasteiger partial charge in [-0.25, -0.2) is 0 Å². The van der Waals surface area contributed by atoms with Crippen LogP contribution in [0.15, 0.2) is 51.6 Å². The van der Waals surface area contributed by atoms with Gasteiger partial charge in [-0.1, -0.05) is 39.9 Å². The van der Waals surface area contributed by atoms with Gasteiger partial charge in [-0.05, 0) is 36.4 Å². The highest BCUT2D eigenvalue weighted by Crippen LogP contribution is 2.18. The molecule has 0 saturated heterocycles. The summed E-state index contributed by atoms with van der Waals surface area (Å²) in [6.45, 7) is 0. The maximum atomic E-state index is 5.24. The van der Waals surface area contributed by atoms with Gasteiger partial charge in [0.15, 0.2) is 0 Å². The van der Waals surface area contributed by atoms with Crippen LogP contribution in [0, 0.1) is 0 Å². The number of benzene rings is 1. The Bertz CT molecular complexity index is 482. The lowest BCUT2D eigenvalue weighted by Crippen LogP contribution is -2.04. The molecule has 1 N–H and O–H groups in total. The summed E-state index contributed by atoms with van der Waals surface area (Å²) in [5.74, 6) is 1.67. The number of hydrogen-bond donors (Lipinski definition) is 1. The summed E-state index contributed by atoms with van der Waals surface area (Å²) >= 11 is 10.2. The second-order valence-electron chi connectivity index (χ2n) is 3.29. The molecule has 1 aromatic heterocycles. The van der Waals surface area contributed by atoms with Gasteiger partial charge < -0.3 is 9.73 Å². The van der Waals surface area contributed by atoms with Gasteiger partial charge in [0, 0.05) is 10.2 Å². The maximum absolute atomic E-state index is 5.24. The molecule has 17 heavy (non-hydrogen) atoms. The van der Waals surface area contributed by atoms with Crippen molar-refractivity contribution < 1.29 is 4.42 Å². The molecule has 1 aromatic carbocycles. The third-order valence-corrected chi connectivity index (χ3v) is 3.79. The van der Waals surface area contributed by atoms with Crippen molar-refractivity contribution >= 4 is 49.9 Å². The molecule has 0 unspecified atom stereocenters. The van der Waals surface area contributed by atoms with Gasteiger partial charge in [0.2, 0.25) is 0 Å². The largest absolute Gasteiger partial charge is 0.468 e. The third-order valence-electron chi connectivity index (χ3n) is 2.02. The third kappa shape index (κ3) is 4.18. The fourth-order valence-corrected chi connectivity index (χ4v) is 2.41. The Kier molecular flexibility index (Phi) is 4.65. The van der Waals surface area contributed by atoms with Crippen LogP contribution in [0.3, 0.4) is 0 Å². The first-order valence-electron chi connectivity index (χ1n) is 4.96. The lowest BCUT2D eigenvalue weighted by molar-refractivity contribution is 0.530. The Hall–Kier alpha value is -0.780. The topological polar surface area (TPSA) is 25.2 Å². The second-order valence-corrected chi connectivity index (χ2v) is 5.86. The molecule has 5 heteroatoms. The van der Waals surface area contributed by atoms with Crippen LogP contribution in [-0.4, -0.2) is 4.32 Å². The Labute approximate surface area is 118 Å². The molecule has 0 atom stereocenters. The fourth-order valence-electron chi connectivity index (χ4n) is 1.22. The van der Waals surface area contributed by atoms with Gasteiger partial charge >= 0.3 is 0 Å². The fraction of sp³-hybridized carbons (Fsp3) is 0.0833. The molecular weight excluding hydrogens is 318 g/mol. The average Bonchev–Trinajstić information content (AvgIpc) is 2.83. The highest BCUT2D eigenvalue weighted by molar-refractivity contribution is 9.10. The normalized spacial score (nSPS) is 10.2. The highest BCUT2D eigenvalue weighted by Gasteiger charge is 2.01. The van der Waals surface area contributed by atoms with Crippen molar-refractivity contribution in [3.8, 4) is 0 Å². The number of rotatable bonds is 3. The SMILES string of the molecule is S=C(Nc1ccc(Br)cc1)SCc1ccco1. The van der Waals surface area contributed by atoms with Crippen LogP contribution < -0.4 is 5.32 Å². The van der Waals surface area contributed by atoms with E-state index < -0.39 is 0 Å². The minimum Gasteiger partial charge on any atom is -0.468 e. The van der Waals surface area contributed by atoms with Gasteiger partial charge in [0.1, 0.15) is 10.1 Å². The summed E-state index contributed by atoms with van der Waals surface area (Å²) in [6.07, 6.45) is 1.67. The predicted molar refractivity (Wildman–Crippen MR) is 80.4 cm³/mol. The van der Waals surface area contributed by atoms with Crippen molar-refractivity contribution in [2.45, 2.75) is 5.75 Å². The smallest absolute Gasteiger partial charge is 0.138 e. The molecule has 0 amide bonds. The van der Waals surface area contributed by atoms with Crippen molar-refractivity contribution in [1.82, 2.24) is 0 Å². The summed E-state index contributed by atoms with van der Waals surface area (Å²) in [5, 5.41) is 3.16. The quantitative estimate of drug-likeness (QED) is 0.828. The van der Waals surface area contributed by atoms with Crippen LogP contribution in [0.25, 0.3) is 0 Å². The van der Waals surface area contributed by atoms with Gasteiger partial charge in [-0.3, -0.25) is 0 Å². The number of furan rings is 1. The molecule has 2 rings (SSSR count). The van der Waals surface area contributed by atoms with Gasteiger partial charge in [-0.15, -0.1) is 0 Å². The van der Waals surface area contributed by atoms with Crippen LogP contribution in [0.1, 0.15) is 5.76 Å². The minimum atomic E-state index is 0.740. The van der Waals surface area contributed by atoms with Crippen molar-refractivity contribution in [3.63, 3.8) is 0 Å². The number of thioether (sulfide) groups is 1. The molecule has 0 fully saturated rings. The molecule has 2 aromatic rings. The first-order valence-corrected chi connectivity index (χ1v) is 7.14. The van der Waals surface area contributed by atoms with Crippen LogP contribution in [-0.2, 0) is 5.75 Å². The van der Waals surface area contributed by atoms with Crippen molar-refractivity contribution in [1.29, 1.82) is 0 Å². The van der Waals surface area contributed by atoms with Crippen molar-refractivity contribution in [2.24, 2.45) is 0 Å². The number of thiocarbonyl (C=S) groups is 1. The molecule has 0 saturated carbocycles. The summed E-state index contributed by atoms with van der Waals surface area (Å²) in [4.78, 5) is 0. The van der Waals surface area contributed by atoms with Crippen LogP contribution in [0.5, 0.6) is 0 Å². The Morgan fingerprint density at radius 3 is 2.71 bits per heavy atom. The van der Waals surface area contributed by atoms with Gasteiger partial charge in [-0.2, -0.15) is 0 Å². The summed E-state index contributed by atoms with van der Waals surface area (Å²) in [6, 6.07) is 11.7. The molecule has 2 nitrogen and oxygen atoms in total. The van der Waals surface area contributed by atoms with Crippen LogP contribution in [0.4, 0.5) is 5.69 Å². The molecule has 0 bridgehead atoms. The number of hydrogen-bond acceptors (Lipinski definition) is 3. The zero-order valence-corrected chi connectivity index (χ0v) is 12.1. The first kappa shape index (κ1) is 12.7. The number of halogens is 1. The average molecular weight is 328 g/mol. The minimum absolute atomic E-state index is 0.740. The van der Waals surface area contributed by atoms with E-state index in [1.54, 1.807) is 18.0 Å². The summed E-state index contributed by atoms with van der Waals surface area (Å²) in [5.41, 5.74) is 0.991. The molecular formula is C12H10BrNOS2. The van der Waals surface area contributed by atoms with E-state index in [1.807, 2.05) is 36.4 Å². The standard InChI is InChI=1S/C12H10BrNOS2/c13-9-3-5-10(6-4-9)14-12(16)17-8-11-2-1-7-15-11/h1-7H,8H2,(H,14,16). The van der Waals surface area contributed by atoms with E-state index in [4.69, 9.17) is 16.6 Å². The predicted octanol–water partition coefficient (Wildman–Crippen LogP) is 4.67. The first-order chi connectivity index (χ1) is 8.24. The zero-order chi connectivity index (χ0) is 12.1. The highest BCUT2D eigenvalue weighted by atomic mass is 79.9. The number of anilines is 1. The lowest BCUT2D eigenvalue weighted by Gasteiger charge is -2.06. The lowest BCUT2D eigenvalue weighted by atomic mass is 10.3. The maximum Gasteiger partial charge on any atom is 0.138 e. The molecule has 0 aliphatic carbocycles.